The molecule has 0 aliphatic carbocycles. The Morgan fingerprint density at radius 2 is 1.58 bits per heavy atom. The van der Waals surface area contributed by atoms with Gasteiger partial charge in [0.25, 0.3) is 0 Å². The first-order chi connectivity index (χ1) is 14.9. The van der Waals surface area contributed by atoms with Crippen LogP contribution in [0.25, 0.3) is 0 Å². The predicted octanol–water partition coefficient (Wildman–Crippen LogP) is 3.79. The molecule has 1 atom stereocenters. The first-order valence-corrected chi connectivity index (χ1v) is 11.6. The second-order valence-corrected chi connectivity index (χ2v) is 8.88. The number of hydrogen-bond donors (Lipinski definition) is 2. The summed E-state index contributed by atoms with van der Waals surface area (Å²) in [5.74, 6) is -0.296. The Morgan fingerprint density at radius 3 is 2.16 bits per heavy atom. The van der Waals surface area contributed by atoms with Gasteiger partial charge in [-0.1, -0.05) is 47.1 Å². The number of carbonyl (C=O) groups is 2. The van der Waals surface area contributed by atoms with E-state index < -0.39 is 0 Å². The lowest BCUT2D eigenvalue weighted by molar-refractivity contribution is -0.120. The fourth-order valence-electron chi connectivity index (χ4n) is 3.81. The second-order valence-electron chi connectivity index (χ2n) is 7.96. The summed E-state index contributed by atoms with van der Waals surface area (Å²) >= 11 is 3.41. The molecule has 2 N–H and O–H groups in total. The minimum Gasteiger partial charge on any atom is -0.349 e. The van der Waals surface area contributed by atoms with E-state index in [0.717, 1.165) is 55.0 Å². The number of hydrogen-bond acceptors (Lipinski definition) is 4. The van der Waals surface area contributed by atoms with Gasteiger partial charge in [-0.05, 0) is 41.9 Å². The summed E-state index contributed by atoms with van der Waals surface area (Å²) < 4.78 is 0.953. The van der Waals surface area contributed by atoms with Gasteiger partial charge in [0.2, 0.25) is 11.8 Å². The maximum atomic E-state index is 12.6. The number of amides is 2. The molecule has 0 saturated carbocycles. The van der Waals surface area contributed by atoms with E-state index in [1.807, 2.05) is 36.4 Å². The number of carbonyl (C=O) groups excluding carboxylic acids is 2. The topological polar surface area (TPSA) is 64.7 Å². The van der Waals surface area contributed by atoms with E-state index in [1.54, 1.807) is 0 Å². The number of nitrogens with zero attached hydrogens (tertiary/aromatic N) is 2. The molecule has 1 unspecified atom stereocenters. The van der Waals surface area contributed by atoms with Crippen molar-refractivity contribution in [1.29, 1.82) is 0 Å². The molecule has 2 amide bonds. The lowest BCUT2D eigenvalue weighted by Crippen LogP contribution is -2.45. The molecule has 1 saturated heterocycles. The van der Waals surface area contributed by atoms with Gasteiger partial charge in [0.1, 0.15) is 0 Å². The van der Waals surface area contributed by atoms with Crippen LogP contribution in [-0.4, -0.2) is 54.3 Å². The highest BCUT2D eigenvalue weighted by Gasteiger charge is 2.18. The Hall–Kier alpha value is -2.22. The monoisotopic (exact) mass is 486 g/mol. The fourth-order valence-corrected chi connectivity index (χ4v) is 4.07. The molecule has 1 heterocycles. The molecular weight excluding hydrogens is 456 g/mol. The van der Waals surface area contributed by atoms with Crippen molar-refractivity contribution in [2.45, 2.75) is 32.9 Å². The number of piperazine rings is 1. The third-order valence-corrected chi connectivity index (χ3v) is 6.12. The van der Waals surface area contributed by atoms with Crippen LogP contribution in [0.5, 0.6) is 0 Å². The summed E-state index contributed by atoms with van der Waals surface area (Å²) in [5.41, 5.74) is 2.91. The average molecular weight is 487 g/mol. The number of benzene rings is 2. The highest BCUT2D eigenvalue weighted by Crippen LogP contribution is 2.21. The molecular formula is C24H31BrN4O2. The van der Waals surface area contributed by atoms with E-state index in [9.17, 15) is 9.59 Å². The lowest BCUT2D eigenvalue weighted by Gasteiger charge is -2.34. The van der Waals surface area contributed by atoms with Crippen molar-refractivity contribution < 1.29 is 9.59 Å². The van der Waals surface area contributed by atoms with Crippen LogP contribution in [-0.2, 0) is 16.1 Å². The van der Waals surface area contributed by atoms with Gasteiger partial charge in [0.05, 0.1) is 12.5 Å². The van der Waals surface area contributed by atoms with Crippen LogP contribution in [0.1, 0.15) is 37.4 Å². The minimum absolute atomic E-state index is 0.134. The van der Waals surface area contributed by atoms with E-state index in [-0.39, 0.29) is 24.3 Å². The van der Waals surface area contributed by atoms with Crippen molar-refractivity contribution in [3.05, 3.63) is 64.1 Å². The van der Waals surface area contributed by atoms with Gasteiger partial charge in [0, 0.05) is 49.8 Å². The van der Waals surface area contributed by atoms with Crippen LogP contribution in [0.4, 0.5) is 5.69 Å². The van der Waals surface area contributed by atoms with E-state index in [0.29, 0.717) is 0 Å². The van der Waals surface area contributed by atoms with Crippen molar-refractivity contribution in [2.75, 3.05) is 38.0 Å². The number of rotatable bonds is 8. The smallest absolute Gasteiger partial charge is 0.226 e. The highest BCUT2D eigenvalue weighted by molar-refractivity contribution is 9.10. The summed E-state index contributed by atoms with van der Waals surface area (Å²) in [6, 6.07) is 15.3. The third kappa shape index (κ3) is 7.45. The van der Waals surface area contributed by atoms with Gasteiger partial charge in [-0.25, -0.2) is 0 Å². The molecule has 31 heavy (non-hydrogen) atoms. The maximum Gasteiger partial charge on any atom is 0.226 e. The molecule has 0 bridgehead atoms. The lowest BCUT2D eigenvalue weighted by atomic mass is 10.0. The van der Waals surface area contributed by atoms with E-state index in [2.05, 4.69) is 55.4 Å². The predicted molar refractivity (Wildman–Crippen MR) is 128 cm³/mol. The van der Waals surface area contributed by atoms with Gasteiger partial charge in [-0.15, -0.1) is 0 Å². The third-order valence-electron chi connectivity index (χ3n) is 5.60. The van der Waals surface area contributed by atoms with Crippen molar-refractivity contribution in [2.24, 2.45) is 0 Å². The Kier molecular flexibility index (Phi) is 8.63. The summed E-state index contributed by atoms with van der Waals surface area (Å²) in [5, 5.41) is 5.82. The Labute approximate surface area is 193 Å². The van der Waals surface area contributed by atoms with Crippen LogP contribution >= 0.6 is 15.9 Å². The normalized spacial score (nSPS) is 16.0. The van der Waals surface area contributed by atoms with Crippen molar-refractivity contribution in [1.82, 2.24) is 15.1 Å². The fraction of sp³-hybridized carbons (Fsp3) is 0.417. The van der Waals surface area contributed by atoms with Crippen LogP contribution in [0.2, 0.25) is 0 Å². The number of likely N-dealkylation sites (N-methyl/N-ethyl adjacent to an activating group) is 1. The summed E-state index contributed by atoms with van der Waals surface area (Å²) in [7, 11) is 0. The van der Waals surface area contributed by atoms with Gasteiger partial charge >= 0.3 is 0 Å². The quantitative estimate of drug-likeness (QED) is 0.595. The molecule has 1 fully saturated rings. The molecule has 0 spiro atoms. The molecule has 6 nitrogen and oxygen atoms in total. The second kappa shape index (κ2) is 11.4. The van der Waals surface area contributed by atoms with Crippen LogP contribution in [0.3, 0.4) is 0 Å². The van der Waals surface area contributed by atoms with Crippen LogP contribution < -0.4 is 10.6 Å². The average Bonchev–Trinajstić information content (AvgIpc) is 2.75. The molecule has 1 aliphatic rings. The zero-order valence-corrected chi connectivity index (χ0v) is 19.8. The maximum absolute atomic E-state index is 12.6. The Balaban J connectivity index is 1.54. The molecule has 166 valence electrons. The Morgan fingerprint density at radius 1 is 0.968 bits per heavy atom. The van der Waals surface area contributed by atoms with Crippen LogP contribution in [0.15, 0.2) is 53.0 Å². The van der Waals surface area contributed by atoms with Crippen molar-refractivity contribution in [3.8, 4) is 0 Å². The summed E-state index contributed by atoms with van der Waals surface area (Å²) in [6.45, 7) is 10.1. The van der Waals surface area contributed by atoms with Gasteiger partial charge in [0.15, 0.2) is 0 Å². The van der Waals surface area contributed by atoms with E-state index in [4.69, 9.17) is 0 Å². The van der Waals surface area contributed by atoms with Gasteiger partial charge in [-0.2, -0.15) is 0 Å². The van der Waals surface area contributed by atoms with Gasteiger partial charge < -0.3 is 15.5 Å². The summed E-state index contributed by atoms with van der Waals surface area (Å²) in [4.78, 5) is 29.2. The Bertz CT molecular complexity index is 862. The standard InChI is InChI=1S/C24H31BrN4O2/c1-3-28-12-14-29(15-13-28)17-19-4-10-22(11-5-19)27-24(31)16-23(26-18(2)30)20-6-8-21(25)9-7-20/h4-11,23H,3,12-17H2,1-2H3,(H,26,30)(H,27,31). The number of halogens is 1. The molecule has 1 aliphatic heterocycles. The molecule has 2 aromatic rings. The first-order valence-electron chi connectivity index (χ1n) is 10.8. The highest BCUT2D eigenvalue weighted by atomic mass is 79.9. The first kappa shape index (κ1) is 23.4. The zero-order chi connectivity index (χ0) is 22.2. The van der Waals surface area contributed by atoms with Crippen molar-refractivity contribution >= 4 is 33.4 Å². The zero-order valence-electron chi connectivity index (χ0n) is 18.2. The van der Waals surface area contributed by atoms with Crippen molar-refractivity contribution in [3.63, 3.8) is 0 Å². The van der Waals surface area contributed by atoms with Crippen LogP contribution in [0, 0.1) is 0 Å². The number of nitrogens with one attached hydrogen (secondary N) is 2. The molecule has 0 radical (unpaired) electrons. The molecule has 3 rings (SSSR count). The molecule has 0 aromatic heterocycles. The van der Waals surface area contributed by atoms with E-state index >= 15 is 0 Å². The van der Waals surface area contributed by atoms with E-state index in [1.165, 1.54) is 12.5 Å². The summed E-state index contributed by atoms with van der Waals surface area (Å²) in [6.07, 6.45) is 0.171. The largest absolute Gasteiger partial charge is 0.349 e. The number of anilines is 1. The van der Waals surface area contributed by atoms with Gasteiger partial charge in [-0.3, -0.25) is 14.5 Å². The minimum atomic E-state index is -0.369. The SMILES string of the molecule is CCN1CCN(Cc2ccc(NC(=O)CC(NC(C)=O)c3ccc(Br)cc3)cc2)CC1. The molecule has 2 aromatic carbocycles. The molecule has 7 heteroatoms.